The molecule has 0 spiro atoms. The molecule has 5 heteroatoms. The van der Waals surface area contributed by atoms with Crippen molar-refractivity contribution in [1.29, 1.82) is 0 Å². The molecule has 19 heavy (non-hydrogen) atoms. The maximum Gasteiger partial charge on any atom is 2.00 e. The van der Waals surface area contributed by atoms with Crippen LogP contribution in [-0.2, 0) is 29.1 Å². The predicted molar refractivity (Wildman–Crippen MR) is 67.5 cm³/mol. The van der Waals surface area contributed by atoms with Gasteiger partial charge in [-0.15, -0.1) is 0 Å². The number of hydrogen-bond donors (Lipinski definition) is 0. The molecule has 0 fully saturated rings. The molecule has 0 radical (unpaired) electrons. The normalized spacial score (nSPS) is 8.95. The van der Waals surface area contributed by atoms with Crippen LogP contribution >= 0.6 is 0 Å². The van der Waals surface area contributed by atoms with Crippen LogP contribution in [0.4, 0.5) is 0 Å². The molecule has 0 rings (SSSR count). The van der Waals surface area contributed by atoms with Gasteiger partial charge in [0.1, 0.15) is 0 Å². The van der Waals surface area contributed by atoms with Crippen LogP contribution < -0.4 is 10.2 Å². The van der Waals surface area contributed by atoms with Gasteiger partial charge >= 0.3 is 19.5 Å². The monoisotopic (exact) mass is 322 g/mol. The van der Waals surface area contributed by atoms with Crippen LogP contribution in [0, 0.1) is 0 Å². The van der Waals surface area contributed by atoms with Crippen molar-refractivity contribution in [3.05, 3.63) is 0 Å². The molecule has 0 saturated carbocycles. The third-order valence-electron chi connectivity index (χ3n) is 2.48. The van der Waals surface area contributed by atoms with Crippen molar-refractivity contribution in [3.8, 4) is 0 Å². The molecule has 0 atom stereocenters. The van der Waals surface area contributed by atoms with Crippen LogP contribution in [-0.4, -0.2) is 11.9 Å². The fourth-order valence-electron chi connectivity index (χ4n) is 1.58. The molecule has 0 aliphatic carbocycles. The maximum atomic E-state index is 10.1. The van der Waals surface area contributed by atoms with E-state index >= 15 is 0 Å². The number of unbranched alkanes of at least 4 members (excludes halogenated alkanes) is 8. The van der Waals surface area contributed by atoms with E-state index in [2.05, 4.69) is 6.92 Å². The molecule has 0 unspecified atom stereocenters. The van der Waals surface area contributed by atoms with Crippen molar-refractivity contribution in [2.24, 2.45) is 0 Å². The molecule has 0 aromatic heterocycles. The summed E-state index contributed by atoms with van der Waals surface area (Å²) in [7, 11) is 0. The predicted octanol–water partition coefficient (Wildman–Crippen LogP) is 1.41. The van der Waals surface area contributed by atoms with Gasteiger partial charge in [-0.3, -0.25) is 0 Å². The summed E-state index contributed by atoms with van der Waals surface area (Å²) in [5.41, 5.74) is 0. The van der Waals surface area contributed by atoms with Crippen LogP contribution in [0.3, 0.4) is 0 Å². The van der Waals surface area contributed by atoms with Crippen molar-refractivity contribution in [2.45, 2.75) is 78.1 Å². The second kappa shape index (κ2) is 19.9. The number of aliphatic carboxylic acids is 2. The molecule has 0 amide bonds. The van der Waals surface area contributed by atoms with E-state index in [0.29, 0.717) is 0 Å². The smallest absolute Gasteiger partial charge is 0.550 e. The average molecular weight is 324 g/mol. The second-order valence-corrected chi connectivity index (χ2v) is 4.44. The number of hydrogen-bond acceptors (Lipinski definition) is 4. The van der Waals surface area contributed by atoms with Gasteiger partial charge < -0.3 is 19.8 Å². The molecular formula is C14H26O4Zn. The molecule has 0 aliphatic rings. The largest absolute Gasteiger partial charge is 2.00 e. The van der Waals surface area contributed by atoms with Crippen LogP contribution in [0.2, 0.25) is 0 Å². The van der Waals surface area contributed by atoms with Gasteiger partial charge in [0, 0.05) is 11.9 Å². The van der Waals surface area contributed by atoms with Crippen molar-refractivity contribution in [3.63, 3.8) is 0 Å². The third kappa shape index (κ3) is 38.1. The molecule has 0 aromatic rings. The Kier molecular flexibility index (Phi) is 24.8. The van der Waals surface area contributed by atoms with Gasteiger partial charge in [-0.1, -0.05) is 58.3 Å². The van der Waals surface area contributed by atoms with E-state index in [0.717, 1.165) is 19.8 Å². The molecule has 0 aromatic carbocycles. The average Bonchev–Trinajstić information content (AvgIpc) is 2.26. The summed E-state index contributed by atoms with van der Waals surface area (Å²) in [6.07, 6.45) is 11.2. The summed E-state index contributed by atoms with van der Waals surface area (Å²) >= 11 is 0. The van der Waals surface area contributed by atoms with Crippen LogP contribution in [0.1, 0.15) is 78.1 Å². The molecule has 108 valence electrons. The Morgan fingerprint density at radius 3 is 1.42 bits per heavy atom. The van der Waals surface area contributed by atoms with Gasteiger partial charge in [0.05, 0.1) is 0 Å². The first-order valence-electron chi connectivity index (χ1n) is 6.88. The molecule has 0 N–H and O–H groups in total. The van der Waals surface area contributed by atoms with Gasteiger partial charge in [0.2, 0.25) is 0 Å². The van der Waals surface area contributed by atoms with Crippen molar-refractivity contribution >= 4 is 11.9 Å². The van der Waals surface area contributed by atoms with Gasteiger partial charge in [-0.25, -0.2) is 0 Å². The number of carboxylic acids is 2. The quantitative estimate of drug-likeness (QED) is 0.450. The van der Waals surface area contributed by atoms with Gasteiger partial charge in [0.25, 0.3) is 0 Å². The fourth-order valence-corrected chi connectivity index (χ4v) is 1.58. The van der Waals surface area contributed by atoms with Gasteiger partial charge in [-0.05, 0) is 19.8 Å². The molecule has 4 nitrogen and oxygen atoms in total. The summed E-state index contributed by atoms with van der Waals surface area (Å²) in [6.45, 7) is 3.19. The minimum atomic E-state index is -1.08. The van der Waals surface area contributed by atoms with E-state index in [1.54, 1.807) is 0 Å². The molecule has 0 bridgehead atoms. The van der Waals surface area contributed by atoms with Gasteiger partial charge in [-0.2, -0.15) is 0 Å². The zero-order valence-electron chi connectivity index (χ0n) is 12.4. The minimum Gasteiger partial charge on any atom is -0.550 e. The summed E-state index contributed by atoms with van der Waals surface area (Å²) in [6, 6.07) is 0. The Bertz CT molecular complexity index is 204. The van der Waals surface area contributed by atoms with E-state index < -0.39 is 11.9 Å². The topological polar surface area (TPSA) is 80.3 Å². The zero-order chi connectivity index (χ0) is 14.2. The molecule has 0 heterocycles. The second-order valence-electron chi connectivity index (χ2n) is 4.44. The maximum absolute atomic E-state index is 10.1. The molecular weight excluding hydrogens is 298 g/mol. The summed E-state index contributed by atoms with van der Waals surface area (Å²) in [5.74, 6) is -1.99. The first kappa shape index (κ1) is 23.6. The van der Waals surface area contributed by atoms with Crippen LogP contribution in [0.25, 0.3) is 0 Å². The Morgan fingerprint density at radius 2 is 1.11 bits per heavy atom. The zero-order valence-corrected chi connectivity index (χ0v) is 15.4. The molecule has 0 aliphatic heterocycles. The standard InChI is InChI=1S/C12H24O2.C2H4O2.Zn/c1-2-3-4-5-6-7-8-9-10-11-12(13)14;1-2(3)4;/h2-11H2,1H3,(H,13,14);1H3,(H,3,4);/q;;+2/p-2. The summed E-state index contributed by atoms with van der Waals surface area (Å²) < 4.78 is 0. The molecule has 0 saturated heterocycles. The van der Waals surface area contributed by atoms with E-state index in [1.165, 1.54) is 44.9 Å². The Hall–Kier alpha value is -0.437. The SMILES string of the molecule is CC(=O)[O-].CCCCCCCCCCCC(=O)[O-].[Zn+2]. The first-order valence-corrected chi connectivity index (χ1v) is 6.88. The van der Waals surface area contributed by atoms with E-state index in [-0.39, 0.29) is 25.9 Å². The summed E-state index contributed by atoms with van der Waals surface area (Å²) in [5, 5.41) is 19.0. The number of carbonyl (C=O) groups excluding carboxylic acids is 2. The van der Waals surface area contributed by atoms with E-state index in [1.807, 2.05) is 0 Å². The Balaban J connectivity index is -0.000000448. The fraction of sp³-hybridized carbons (Fsp3) is 0.857. The van der Waals surface area contributed by atoms with Crippen LogP contribution in [0.5, 0.6) is 0 Å². The Labute approximate surface area is 129 Å². The third-order valence-corrected chi connectivity index (χ3v) is 2.48. The van der Waals surface area contributed by atoms with Crippen molar-refractivity contribution in [2.75, 3.05) is 0 Å². The Morgan fingerprint density at radius 1 is 0.789 bits per heavy atom. The van der Waals surface area contributed by atoms with E-state index in [4.69, 9.17) is 9.90 Å². The minimum absolute atomic E-state index is 0. The van der Waals surface area contributed by atoms with Crippen molar-refractivity contribution in [1.82, 2.24) is 0 Å². The first-order chi connectivity index (χ1) is 8.50. The van der Waals surface area contributed by atoms with Crippen LogP contribution in [0.15, 0.2) is 0 Å². The van der Waals surface area contributed by atoms with Crippen molar-refractivity contribution < 1.29 is 39.3 Å². The number of carbonyl (C=O) groups is 2. The summed E-state index contributed by atoms with van der Waals surface area (Å²) in [4.78, 5) is 19.0. The number of rotatable bonds is 10. The van der Waals surface area contributed by atoms with E-state index in [9.17, 15) is 9.90 Å². The van der Waals surface area contributed by atoms with Gasteiger partial charge in [0.15, 0.2) is 0 Å². The number of carboxylic acid groups (broad SMARTS) is 2.